The molecule has 62 valence electrons. The van der Waals surface area contributed by atoms with Crippen molar-refractivity contribution < 1.29 is 0 Å². The Hall–Kier alpha value is -1.90. The molecule has 0 saturated carbocycles. The summed E-state index contributed by atoms with van der Waals surface area (Å²) in [6, 6.07) is 1.88. The second-order valence-corrected chi connectivity index (χ2v) is 2.96. The van der Waals surface area contributed by atoms with Gasteiger partial charge < -0.3 is 0 Å². The summed E-state index contributed by atoms with van der Waals surface area (Å²) in [5.41, 5.74) is 3.20. The van der Waals surface area contributed by atoms with Crippen LogP contribution >= 0.6 is 0 Å². The highest BCUT2D eigenvalue weighted by Crippen LogP contribution is 2.20. The predicted molar refractivity (Wildman–Crippen MR) is 50.1 cm³/mol. The van der Waals surface area contributed by atoms with E-state index in [2.05, 4.69) is 22.2 Å². The first-order valence-corrected chi connectivity index (χ1v) is 4.12. The van der Waals surface area contributed by atoms with Gasteiger partial charge in [0.2, 0.25) is 0 Å². The molecule has 0 bridgehead atoms. The highest BCUT2D eigenvalue weighted by atomic mass is 15.2. The summed E-state index contributed by atoms with van der Waals surface area (Å²) < 4.78 is 1.78. The third-order valence-corrected chi connectivity index (χ3v) is 2.13. The largest absolute Gasteiger partial charge is 0.236 e. The van der Waals surface area contributed by atoms with Gasteiger partial charge in [-0.15, -0.1) is 0 Å². The van der Waals surface area contributed by atoms with Crippen LogP contribution in [0.5, 0.6) is 0 Å². The van der Waals surface area contributed by atoms with Gasteiger partial charge in [0.15, 0.2) is 5.65 Å². The molecule has 0 radical (unpaired) electrons. The van der Waals surface area contributed by atoms with Crippen LogP contribution in [0.15, 0.2) is 42.9 Å². The molecule has 2 aromatic heterocycles. The molecule has 3 nitrogen and oxygen atoms in total. The van der Waals surface area contributed by atoms with Crippen molar-refractivity contribution in [3.05, 3.63) is 48.4 Å². The van der Waals surface area contributed by atoms with Crippen molar-refractivity contribution in [1.29, 1.82) is 0 Å². The topological polar surface area (TPSA) is 30.2 Å². The van der Waals surface area contributed by atoms with Gasteiger partial charge in [-0.1, -0.05) is 18.2 Å². The maximum Gasteiger partial charge on any atom is 0.154 e. The Bertz CT molecular complexity index is 520. The molecule has 13 heavy (non-hydrogen) atoms. The first-order valence-electron chi connectivity index (χ1n) is 4.12. The Morgan fingerprint density at radius 1 is 1.31 bits per heavy atom. The number of fused-ring (bicyclic) bond motifs is 1. The summed E-state index contributed by atoms with van der Waals surface area (Å²) in [5, 5.41) is 4.12. The molecular formula is C10H7N3. The Labute approximate surface area is 75.0 Å². The van der Waals surface area contributed by atoms with Crippen LogP contribution in [0.4, 0.5) is 0 Å². The minimum absolute atomic E-state index is 0.882. The molecule has 2 heterocycles. The lowest BCUT2D eigenvalue weighted by molar-refractivity contribution is 0.935. The fraction of sp³-hybridized carbons (Fsp3) is 0. The normalized spacial score (nSPS) is 14.3. The SMILES string of the molecule is C1=CC(c2cnc3ccnn3c2)=C1. The zero-order valence-corrected chi connectivity index (χ0v) is 6.88. The molecule has 0 N–H and O–H groups in total. The van der Waals surface area contributed by atoms with Gasteiger partial charge in [-0.2, -0.15) is 5.10 Å². The maximum atomic E-state index is 4.27. The fourth-order valence-corrected chi connectivity index (χ4v) is 1.34. The molecule has 0 aliphatic heterocycles. The van der Waals surface area contributed by atoms with Crippen LogP contribution in [0.3, 0.4) is 0 Å². The molecule has 3 rings (SSSR count). The summed E-state index contributed by atoms with van der Waals surface area (Å²) in [7, 11) is 0. The van der Waals surface area contributed by atoms with E-state index in [1.807, 2.05) is 24.5 Å². The number of hydrogen-bond donors (Lipinski definition) is 0. The lowest BCUT2D eigenvalue weighted by atomic mass is 10.0. The molecule has 0 spiro atoms. The molecule has 0 saturated heterocycles. The van der Waals surface area contributed by atoms with Crippen LogP contribution in [0.1, 0.15) is 5.56 Å². The lowest BCUT2D eigenvalue weighted by Gasteiger charge is -2.06. The molecule has 0 aromatic carbocycles. The van der Waals surface area contributed by atoms with Gasteiger partial charge in [0.1, 0.15) is 0 Å². The van der Waals surface area contributed by atoms with Gasteiger partial charge >= 0.3 is 0 Å². The fourth-order valence-electron chi connectivity index (χ4n) is 1.34. The summed E-state index contributed by atoms with van der Waals surface area (Å²) in [6.45, 7) is 0. The Balaban J connectivity index is 2.20. The second kappa shape index (κ2) is 2.29. The predicted octanol–water partition coefficient (Wildman–Crippen LogP) is 1.68. The quantitative estimate of drug-likeness (QED) is 0.650. The van der Waals surface area contributed by atoms with Crippen LogP contribution in [0, 0.1) is 0 Å². The van der Waals surface area contributed by atoms with Crippen LogP contribution in [-0.2, 0) is 0 Å². The molecule has 0 unspecified atom stereocenters. The minimum atomic E-state index is 0.882. The van der Waals surface area contributed by atoms with E-state index in [0.29, 0.717) is 0 Å². The number of allylic oxidation sites excluding steroid dienone is 4. The van der Waals surface area contributed by atoms with Crippen LogP contribution in [0.25, 0.3) is 11.2 Å². The molecule has 0 amide bonds. The van der Waals surface area contributed by atoms with Gasteiger partial charge in [-0.25, -0.2) is 9.50 Å². The van der Waals surface area contributed by atoms with Crippen molar-refractivity contribution in [2.45, 2.75) is 0 Å². The lowest BCUT2D eigenvalue weighted by Crippen LogP contribution is -1.94. The van der Waals surface area contributed by atoms with Gasteiger partial charge in [-0.3, -0.25) is 0 Å². The highest BCUT2D eigenvalue weighted by molar-refractivity contribution is 5.80. The molecule has 0 atom stereocenters. The van der Waals surface area contributed by atoms with E-state index in [-0.39, 0.29) is 0 Å². The zero-order valence-electron chi connectivity index (χ0n) is 6.88. The molecule has 0 fully saturated rings. The van der Waals surface area contributed by atoms with Crippen molar-refractivity contribution in [2.75, 3.05) is 0 Å². The van der Waals surface area contributed by atoms with E-state index in [0.717, 1.165) is 11.2 Å². The highest BCUT2D eigenvalue weighted by Gasteiger charge is 2.03. The monoisotopic (exact) mass is 169 g/mol. The third-order valence-electron chi connectivity index (χ3n) is 2.13. The van der Waals surface area contributed by atoms with Crippen LogP contribution in [0.2, 0.25) is 0 Å². The molecule has 1 aliphatic rings. The molecule has 1 aliphatic carbocycles. The van der Waals surface area contributed by atoms with E-state index in [1.165, 1.54) is 5.57 Å². The number of rotatable bonds is 1. The molecular weight excluding hydrogens is 162 g/mol. The Morgan fingerprint density at radius 3 is 3.00 bits per heavy atom. The minimum Gasteiger partial charge on any atom is -0.236 e. The first kappa shape index (κ1) is 6.60. The van der Waals surface area contributed by atoms with E-state index in [1.54, 1.807) is 10.7 Å². The van der Waals surface area contributed by atoms with E-state index in [4.69, 9.17) is 0 Å². The van der Waals surface area contributed by atoms with Gasteiger partial charge in [0, 0.05) is 24.0 Å². The van der Waals surface area contributed by atoms with E-state index < -0.39 is 0 Å². The smallest absolute Gasteiger partial charge is 0.154 e. The molecule has 2 aromatic rings. The Kier molecular flexibility index (Phi) is 1.16. The number of aromatic nitrogens is 3. The summed E-state index contributed by atoms with van der Waals surface area (Å²) in [5.74, 6) is 0. The van der Waals surface area contributed by atoms with E-state index in [9.17, 15) is 0 Å². The van der Waals surface area contributed by atoms with Gasteiger partial charge in [0.05, 0.1) is 6.20 Å². The summed E-state index contributed by atoms with van der Waals surface area (Å²) in [4.78, 5) is 4.27. The van der Waals surface area contributed by atoms with E-state index >= 15 is 0 Å². The van der Waals surface area contributed by atoms with Crippen LogP contribution < -0.4 is 0 Å². The first-order chi connectivity index (χ1) is 6.43. The summed E-state index contributed by atoms with van der Waals surface area (Å²) >= 11 is 0. The van der Waals surface area contributed by atoms with Crippen molar-refractivity contribution in [3.8, 4) is 0 Å². The van der Waals surface area contributed by atoms with Crippen LogP contribution in [-0.4, -0.2) is 14.6 Å². The van der Waals surface area contributed by atoms with Crippen molar-refractivity contribution in [2.24, 2.45) is 0 Å². The maximum absolute atomic E-state index is 4.27. The Morgan fingerprint density at radius 2 is 2.23 bits per heavy atom. The van der Waals surface area contributed by atoms with Gasteiger partial charge in [-0.05, 0) is 5.57 Å². The van der Waals surface area contributed by atoms with Gasteiger partial charge in [0.25, 0.3) is 0 Å². The standard InChI is InChI=1S/C10H7N3/c1-2-8(3-1)9-6-11-10-4-5-12-13(10)7-9/h1-7H. The second-order valence-electron chi connectivity index (χ2n) is 2.96. The average Bonchev–Trinajstić information content (AvgIpc) is 2.47. The average molecular weight is 169 g/mol. The van der Waals surface area contributed by atoms with Crippen molar-refractivity contribution in [3.63, 3.8) is 0 Å². The number of hydrogen-bond acceptors (Lipinski definition) is 2. The molecule has 3 heteroatoms. The summed E-state index contributed by atoms with van der Waals surface area (Å²) in [6.07, 6.45) is 11.7. The van der Waals surface area contributed by atoms with Crippen molar-refractivity contribution >= 4 is 11.2 Å². The third kappa shape index (κ3) is 0.902. The zero-order chi connectivity index (χ0) is 8.67. The van der Waals surface area contributed by atoms with Crippen molar-refractivity contribution in [1.82, 2.24) is 14.6 Å². The number of nitrogens with zero attached hydrogens (tertiary/aromatic N) is 3.